The number of hydrogen-bond acceptors (Lipinski definition) is 4. The first kappa shape index (κ1) is 14.0. The summed E-state index contributed by atoms with van der Waals surface area (Å²) < 4.78 is 37.2. The highest BCUT2D eigenvalue weighted by molar-refractivity contribution is 5.38. The number of rotatable bonds is 3. The van der Waals surface area contributed by atoms with E-state index in [9.17, 15) is 13.2 Å². The van der Waals surface area contributed by atoms with E-state index in [2.05, 4.69) is 15.5 Å². The molecule has 1 saturated heterocycles. The minimum absolute atomic E-state index is 0.364. The Morgan fingerprint density at radius 2 is 2.16 bits per heavy atom. The van der Waals surface area contributed by atoms with Crippen molar-refractivity contribution >= 4 is 5.82 Å². The van der Waals surface area contributed by atoms with E-state index in [1.54, 1.807) is 0 Å². The van der Waals surface area contributed by atoms with Gasteiger partial charge < -0.3 is 10.2 Å². The predicted octanol–water partition coefficient (Wildman–Crippen LogP) is 2.07. The molecule has 0 spiro atoms. The fourth-order valence-corrected chi connectivity index (χ4v) is 2.29. The summed E-state index contributed by atoms with van der Waals surface area (Å²) in [5, 5.41) is 10.3. The fraction of sp³-hybridized carbons (Fsp3) is 0.667. The molecule has 0 aromatic carbocycles. The van der Waals surface area contributed by atoms with E-state index in [1.165, 1.54) is 6.07 Å². The van der Waals surface area contributed by atoms with Gasteiger partial charge in [0.1, 0.15) is 0 Å². The van der Waals surface area contributed by atoms with Gasteiger partial charge in [-0.1, -0.05) is 6.92 Å². The molecule has 2 heterocycles. The minimum atomic E-state index is -4.43. The van der Waals surface area contributed by atoms with Gasteiger partial charge in [-0.05, 0) is 31.5 Å². The standard InChI is InChI=1S/C12H17F3N4/c1-2-16-9-4-3-7-19(8-9)11-6-5-10(17-18-11)12(13,14)15/h5-6,9,16H,2-4,7-8H2,1H3. The molecule has 1 unspecified atom stereocenters. The van der Waals surface area contributed by atoms with Crippen LogP contribution in [0.15, 0.2) is 12.1 Å². The van der Waals surface area contributed by atoms with Crippen LogP contribution in [0.1, 0.15) is 25.5 Å². The third-order valence-corrected chi connectivity index (χ3v) is 3.18. The van der Waals surface area contributed by atoms with Crippen molar-refractivity contribution < 1.29 is 13.2 Å². The highest BCUT2D eigenvalue weighted by Crippen LogP contribution is 2.28. The quantitative estimate of drug-likeness (QED) is 0.916. The van der Waals surface area contributed by atoms with Crippen LogP contribution in [0.2, 0.25) is 0 Å². The maximum absolute atomic E-state index is 12.4. The van der Waals surface area contributed by atoms with Gasteiger partial charge in [-0.15, -0.1) is 10.2 Å². The SMILES string of the molecule is CCNC1CCCN(c2ccc(C(F)(F)F)nn2)C1. The zero-order valence-corrected chi connectivity index (χ0v) is 10.7. The van der Waals surface area contributed by atoms with E-state index < -0.39 is 11.9 Å². The summed E-state index contributed by atoms with van der Waals surface area (Å²) in [5.41, 5.74) is -0.948. The van der Waals surface area contributed by atoms with Crippen molar-refractivity contribution in [3.05, 3.63) is 17.8 Å². The first-order valence-electron chi connectivity index (χ1n) is 6.40. The number of alkyl halides is 3. The molecule has 1 N–H and O–H groups in total. The largest absolute Gasteiger partial charge is 0.435 e. The van der Waals surface area contributed by atoms with Crippen molar-refractivity contribution in [1.82, 2.24) is 15.5 Å². The van der Waals surface area contributed by atoms with Gasteiger partial charge in [0, 0.05) is 19.1 Å². The van der Waals surface area contributed by atoms with Crippen LogP contribution in [0.4, 0.5) is 19.0 Å². The summed E-state index contributed by atoms with van der Waals surface area (Å²) in [6, 6.07) is 2.74. The number of hydrogen-bond donors (Lipinski definition) is 1. The molecule has 1 aromatic heterocycles. The van der Waals surface area contributed by atoms with Crippen LogP contribution < -0.4 is 10.2 Å². The molecule has 1 fully saturated rings. The average Bonchev–Trinajstić information content (AvgIpc) is 2.39. The lowest BCUT2D eigenvalue weighted by Crippen LogP contribution is -2.46. The Bertz CT molecular complexity index is 402. The Balaban J connectivity index is 2.05. The molecule has 0 saturated carbocycles. The number of piperidine rings is 1. The van der Waals surface area contributed by atoms with Crippen LogP contribution >= 0.6 is 0 Å². The van der Waals surface area contributed by atoms with E-state index in [-0.39, 0.29) is 0 Å². The van der Waals surface area contributed by atoms with Gasteiger partial charge in [0.2, 0.25) is 0 Å². The maximum Gasteiger partial charge on any atom is 0.435 e. The molecule has 0 amide bonds. The Morgan fingerprint density at radius 1 is 1.37 bits per heavy atom. The molecule has 1 aromatic rings. The maximum atomic E-state index is 12.4. The van der Waals surface area contributed by atoms with Crippen molar-refractivity contribution in [3.8, 4) is 0 Å². The molecular weight excluding hydrogens is 257 g/mol. The van der Waals surface area contributed by atoms with Gasteiger partial charge >= 0.3 is 6.18 Å². The molecule has 1 atom stereocenters. The Labute approximate surface area is 110 Å². The highest BCUT2D eigenvalue weighted by Gasteiger charge is 2.33. The molecule has 1 aliphatic rings. The fourth-order valence-electron chi connectivity index (χ4n) is 2.29. The molecule has 0 aliphatic carbocycles. The van der Waals surface area contributed by atoms with Crippen LogP contribution in [0, 0.1) is 0 Å². The zero-order valence-electron chi connectivity index (χ0n) is 10.7. The molecule has 0 bridgehead atoms. The van der Waals surface area contributed by atoms with E-state index in [0.717, 1.165) is 38.5 Å². The normalized spacial score (nSPS) is 20.6. The van der Waals surface area contributed by atoms with Crippen molar-refractivity contribution in [2.24, 2.45) is 0 Å². The number of likely N-dealkylation sites (N-methyl/N-ethyl adjacent to an activating group) is 1. The number of nitrogens with one attached hydrogen (secondary N) is 1. The summed E-state index contributed by atoms with van der Waals surface area (Å²) in [6.07, 6.45) is -2.35. The van der Waals surface area contributed by atoms with Gasteiger partial charge in [0.25, 0.3) is 0 Å². The average molecular weight is 274 g/mol. The van der Waals surface area contributed by atoms with Gasteiger partial charge in [0.15, 0.2) is 11.5 Å². The van der Waals surface area contributed by atoms with Crippen LogP contribution in [0.5, 0.6) is 0 Å². The Morgan fingerprint density at radius 3 is 2.74 bits per heavy atom. The minimum Gasteiger partial charge on any atom is -0.354 e. The van der Waals surface area contributed by atoms with Crippen LogP contribution in [-0.2, 0) is 6.18 Å². The van der Waals surface area contributed by atoms with Crippen molar-refractivity contribution in [2.45, 2.75) is 32.0 Å². The summed E-state index contributed by atoms with van der Waals surface area (Å²) in [7, 11) is 0. The first-order valence-corrected chi connectivity index (χ1v) is 6.40. The highest BCUT2D eigenvalue weighted by atomic mass is 19.4. The number of nitrogens with zero attached hydrogens (tertiary/aromatic N) is 3. The third-order valence-electron chi connectivity index (χ3n) is 3.18. The Kier molecular flexibility index (Phi) is 4.24. The number of halogens is 3. The molecule has 7 heteroatoms. The van der Waals surface area contributed by atoms with E-state index in [1.807, 2.05) is 11.8 Å². The topological polar surface area (TPSA) is 41.0 Å². The first-order chi connectivity index (χ1) is 9.00. The van der Waals surface area contributed by atoms with Crippen molar-refractivity contribution in [3.63, 3.8) is 0 Å². The second kappa shape index (κ2) is 5.73. The lowest BCUT2D eigenvalue weighted by molar-refractivity contribution is -0.141. The van der Waals surface area contributed by atoms with Crippen LogP contribution in [0.25, 0.3) is 0 Å². The summed E-state index contributed by atoms with van der Waals surface area (Å²) in [4.78, 5) is 1.98. The lowest BCUT2D eigenvalue weighted by atomic mass is 10.1. The van der Waals surface area contributed by atoms with Crippen LogP contribution in [-0.4, -0.2) is 35.9 Å². The molecule has 2 rings (SSSR count). The summed E-state index contributed by atoms with van der Waals surface area (Å²) in [6.45, 7) is 4.49. The smallest absolute Gasteiger partial charge is 0.354 e. The predicted molar refractivity (Wildman–Crippen MR) is 65.9 cm³/mol. The lowest BCUT2D eigenvalue weighted by Gasteiger charge is -2.33. The summed E-state index contributed by atoms with van der Waals surface area (Å²) >= 11 is 0. The van der Waals surface area contributed by atoms with Gasteiger partial charge in [-0.3, -0.25) is 0 Å². The van der Waals surface area contributed by atoms with Crippen LogP contribution in [0.3, 0.4) is 0 Å². The molecule has 19 heavy (non-hydrogen) atoms. The molecule has 0 radical (unpaired) electrons. The Hall–Kier alpha value is -1.37. The number of anilines is 1. The monoisotopic (exact) mass is 274 g/mol. The molecule has 106 valence electrons. The molecule has 4 nitrogen and oxygen atoms in total. The van der Waals surface area contributed by atoms with E-state index >= 15 is 0 Å². The molecular formula is C12H17F3N4. The zero-order chi connectivity index (χ0) is 13.9. The third kappa shape index (κ3) is 3.56. The van der Waals surface area contributed by atoms with Crippen molar-refractivity contribution in [2.75, 3.05) is 24.5 Å². The van der Waals surface area contributed by atoms with Gasteiger partial charge in [0.05, 0.1) is 0 Å². The molecule has 1 aliphatic heterocycles. The van der Waals surface area contributed by atoms with Gasteiger partial charge in [-0.25, -0.2) is 0 Å². The summed E-state index contributed by atoms with van der Waals surface area (Å²) in [5.74, 6) is 0.510. The van der Waals surface area contributed by atoms with Crippen molar-refractivity contribution in [1.29, 1.82) is 0 Å². The van der Waals surface area contributed by atoms with E-state index in [4.69, 9.17) is 0 Å². The second-order valence-electron chi connectivity index (χ2n) is 4.62. The number of aromatic nitrogens is 2. The van der Waals surface area contributed by atoms with Gasteiger partial charge in [-0.2, -0.15) is 13.2 Å². The van der Waals surface area contributed by atoms with E-state index in [0.29, 0.717) is 11.9 Å². The second-order valence-corrected chi connectivity index (χ2v) is 4.62.